The molecule has 1 aromatic heterocycles. The Morgan fingerprint density at radius 2 is 1.77 bits per heavy atom. The number of amides is 1. The van der Waals surface area contributed by atoms with Gasteiger partial charge >= 0.3 is 0 Å². The van der Waals surface area contributed by atoms with Gasteiger partial charge in [0.15, 0.2) is 0 Å². The number of aromatic nitrogens is 2. The van der Waals surface area contributed by atoms with Crippen molar-refractivity contribution in [2.24, 2.45) is 11.8 Å². The standard InChI is InChI=1S/C24H32N4O2/c1-26-12-8-24(9-13-26,20-6-3-2-4-7-20)23(30)27-16-18-14-21(28-11-5-10-25-28)22(29)15-19(18)17-27/h2-7,10-11,18-19,21-22,29H,8-9,12-17H2,1H3/t18-,19+,21-,22-/m1/s1. The number of carbonyl (C=O) groups excluding carboxylic acids is 1. The summed E-state index contributed by atoms with van der Waals surface area (Å²) in [6.45, 7) is 3.47. The molecule has 1 aromatic carbocycles. The van der Waals surface area contributed by atoms with Gasteiger partial charge in [-0.15, -0.1) is 0 Å². The van der Waals surface area contributed by atoms with Crippen molar-refractivity contribution in [2.75, 3.05) is 33.2 Å². The van der Waals surface area contributed by atoms with E-state index in [2.05, 4.69) is 46.2 Å². The van der Waals surface area contributed by atoms with Crippen LogP contribution in [0.1, 0.15) is 37.3 Å². The van der Waals surface area contributed by atoms with E-state index in [4.69, 9.17) is 0 Å². The third-order valence-corrected chi connectivity index (χ3v) is 7.84. The van der Waals surface area contributed by atoms with Crippen LogP contribution in [-0.2, 0) is 10.2 Å². The molecule has 0 spiro atoms. The summed E-state index contributed by atoms with van der Waals surface area (Å²) < 4.78 is 1.90. The van der Waals surface area contributed by atoms with Crippen LogP contribution in [0.15, 0.2) is 48.8 Å². The molecule has 1 aliphatic carbocycles. The van der Waals surface area contributed by atoms with Crippen molar-refractivity contribution >= 4 is 5.91 Å². The van der Waals surface area contributed by atoms with Crippen molar-refractivity contribution in [3.63, 3.8) is 0 Å². The third-order valence-electron chi connectivity index (χ3n) is 7.84. The maximum atomic E-state index is 14.0. The summed E-state index contributed by atoms with van der Waals surface area (Å²) in [6, 6.07) is 12.3. The van der Waals surface area contributed by atoms with Crippen LogP contribution >= 0.6 is 0 Å². The molecule has 2 aliphatic heterocycles. The maximum Gasteiger partial charge on any atom is 0.233 e. The van der Waals surface area contributed by atoms with Gasteiger partial charge in [0.05, 0.1) is 17.6 Å². The molecular formula is C24H32N4O2. The predicted octanol–water partition coefficient (Wildman–Crippen LogP) is 2.32. The SMILES string of the molecule is CN1CCC(C(=O)N2C[C@H]3C[C@@H](n4cccn4)[C@H](O)C[C@H]3C2)(c2ccccc2)CC1. The summed E-state index contributed by atoms with van der Waals surface area (Å²) in [6.07, 6.45) is 6.70. The molecule has 30 heavy (non-hydrogen) atoms. The van der Waals surface area contributed by atoms with Crippen LogP contribution in [0.25, 0.3) is 0 Å². The van der Waals surface area contributed by atoms with E-state index in [-0.39, 0.29) is 6.04 Å². The summed E-state index contributed by atoms with van der Waals surface area (Å²) in [5.41, 5.74) is 0.744. The molecule has 0 unspecified atom stereocenters. The maximum absolute atomic E-state index is 14.0. The number of piperidine rings is 1. The zero-order valence-corrected chi connectivity index (χ0v) is 17.7. The van der Waals surface area contributed by atoms with Gasteiger partial charge in [0, 0.05) is 25.5 Å². The van der Waals surface area contributed by atoms with Gasteiger partial charge < -0.3 is 14.9 Å². The lowest BCUT2D eigenvalue weighted by atomic mass is 9.71. The molecule has 0 bridgehead atoms. The van der Waals surface area contributed by atoms with Gasteiger partial charge in [-0.1, -0.05) is 30.3 Å². The molecule has 0 radical (unpaired) electrons. The first-order chi connectivity index (χ1) is 14.6. The second-order valence-electron chi connectivity index (χ2n) is 9.57. The largest absolute Gasteiger partial charge is 0.391 e. The highest BCUT2D eigenvalue weighted by atomic mass is 16.3. The Kier molecular flexibility index (Phi) is 5.15. The average molecular weight is 409 g/mol. The molecule has 160 valence electrons. The van der Waals surface area contributed by atoms with Crippen molar-refractivity contribution in [2.45, 2.75) is 43.2 Å². The van der Waals surface area contributed by atoms with E-state index in [9.17, 15) is 9.90 Å². The fourth-order valence-corrected chi connectivity index (χ4v) is 6.02. The second-order valence-corrected chi connectivity index (χ2v) is 9.57. The molecule has 5 rings (SSSR count). The van der Waals surface area contributed by atoms with Crippen LogP contribution in [0.2, 0.25) is 0 Å². The van der Waals surface area contributed by atoms with E-state index < -0.39 is 11.5 Å². The number of carbonyl (C=O) groups is 1. The zero-order valence-electron chi connectivity index (χ0n) is 17.7. The minimum atomic E-state index is -0.415. The van der Waals surface area contributed by atoms with Crippen LogP contribution in [0, 0.1) is 11.8 Å². The van der Waals surface area contributed by atoms with E-state index in [1.165, 1.54) is 0 Å². The smallest absolute Gasteiger partial charge is 0.233 e. The minimum Gasteiger partial charge on any atom is -0.391 e. The molecular weight excluding hydrogens is 376 g/mol. The normalized spacial score (nSPS) is 31.5. The Hall–Kier alpha value is -2.18. The monoisotopic (exact) mass is 408 g/mol. The summed E-state index contributed by atoms with van der Waals surface area (Å²) >= 11 is 0. The zero-order chi connectivity index (χ0) is 20.7. The quantitative estimate of drug-likeness (QED) is 0.847. The third kappa shape index (κ3) is 3.36. The highest BCUT2D eigenvalue weighted by Crippen LogP contribution is 2.44. The number of likely N-dealkylation sites (tertiary alicyclic amines) is 2. The van der Waals surface area contributed by atoms with Gasteiger partial charge in [0.2, 0.25) is 5.91 Å². The topological polar surface area (TPSA) is 61.6 Å². The summed E-state index contributed by atoms with van der Waals surface area (Å²) in [7, 11) is 2.14. The molecule has 4 atom stereocenters. The first kappa shape index (κ1) is 19.8. The number of hydrogen-bond donors (Lipinski definition) is 1. The second kappa shape index (κ2) is 7.82. The van der Waals surface area contributed by atoms with Crippen LogP contribution in [0.3, 0.4) is 0 Å². The number of hydrogen-bond acceptors (Lipinski definition) is 4. The van der Waals surface area contributed by atoms with Crippen LogP contribution in [-0.4, -0.2) is 69.9 Å². The molecule has 3 fully saturated rings. The molecule has 6 heteroatoms. The molecule has 6 nitrogen and oxygen atoms in total. The van der Waals surface area contributed by atoms with Crippen LogP contribution in [0.4, 0.5) is 0 Å². The molecule has 1 saturated carbocycles. The Bertz CT molecular complexity index is 861. The lowest BCUT2D eigenvalue weighted by Crippen LogP contribution is -2.52. The van der Waals surface area contributed by atoms with Crippen LogP contribution < -0.4 is 0 Å². The van der Waals surface area contributed by atoms with Crippen molar-refractivity contribution in [3.05, 3.63) is 54.4 Å². The van der Waals surface area contributed by atoms with E-state index in [0.717, 1.165) is 57.4 Å². The van der Waals surface area contributed by atoms with Crippen molar-refractivity contribution in [1.82, 2.24) is 19.6 Å². The number of fused-ring (bicyclic) bond motifs is 1. The fraction of sp³-hybridized carbons (Fsp3) is 0.583. The minimum absolute atomic E-state index is 0.0164. The Morgan fingerprint density at radius 1 is 1.07 bits per heavy atom. The number of aliphatic hydroxyl groups excluding tert-OH is 1. The van der Waals surface area contributed by atoms with E-state index in [0.29, 0.717) is 17.7 Å². The van der Waals surface area contributed by atoms with Gasteiger partial charge in [0.1, 0.15) is 0 Å². The summed E-state index contributed by atoms with van der Waals surface area (Å²) in [5, 5.41) is 15.1. The number of aliphatic hydroxyl groups is 1. The van der Waals surface area contributed by atoms with E-state index in [1.807, 2.05) is 23.0 Å². The molecule has 2 aromatic rings. The van der Waals surface area contributed by atoms with Crippen molar-refractivity contribution < 1.29 is 9.90 Å². The van der Waals surface area contributed by atoms with E-state index >= 15 is 0 Å². The highest BCUT2D eigenvalue weighted by molar-refractivity contribution is 5.88. The Balaban J connectivity index is 1.37. The summed E-state index contributed by atoms with van der Waals surface area (Å²) in [5.74, 6) is 1.11. The number of nitrogens with zero attached hydrogens (tertiary/aromatic N) is 4. The Morgan fingerprint density at radius 3 is 2.43 bits per heavy atom. The molecule has 1 amide bonds. The molecule has 3 heterocycles. The highest BCUT2D eigenvalue weighted by Gasteiger charge is 2.49. The number of rotatable bonds is 3. The first-order valence-electron chi connectivity index (χ1n) is 11.3. The lowest BCUT2D eigenvalue weighted by molar-refractivity contribution is -0.138. The predicted molar refractivity (Wildman–Crippen MR) is 115 cm³/mol. The Labute approximate surface area is 178 Å². The van der Waals surface area contributed by atoms with Crippen LogP contribution in [0.5, 0.6) is 0 Å². The van der Waals surface area contributed by atoms with Gasteiger partial charge in [0.25, 0.3) is 0 Å². The molecule has 2 saturated heterocycles. The van der Waals surface area contributed by atoms with Gasteiger partial charge in [-0.3, -0.25) is 9.48 Å². The van der Waals surface area contributed by atoms with Gasteiger partial charge in [-0.05, 0) is 69.3 Å². The molecule has 1 N–H and O–H groups in total. The first-order valence-corrected chi connectivity index (χ1v) is 11.3. The van der Waals surface area contributed by atoms with Gasteiger partial charge in [-0.25, -0.2) is 0 Å². The van der Waals surface area contributed by atoms with Gasteiger partial charge in [-0.2, -0.15) is 5.10 Å². The fourth-order valence-electron chi connectivity index (χ4n) is 6.02. The lowest BCUT2D eigenvalue weighted by Gasteiger charge is -2.42. The summed E-state index contributed by atoms with van der Waals surface area (Å²) in [4.78, 5) is 18.4. The van der Waals surface area contributed by atoms with E-state index in [1.54, 1.807) is 6.20 Å². The average Bonchev–Trinajstić information content (AvgIpc) is 3.44. The number of benzene rings is 1. The molecule has 3 aliphatic rings. The van der Waals surface area contributed by atoms with Crippen molar-refractivity contribution in [1.29, 1.82) is 0 Å². The van der Waals surface area contributed by atoms with Crippen molar-refractivity contribution in [3.8, 4) is 0 Å².